The van der Waals surface area contributed by atoms with Gasteiger partial charge in [0, 0.05) is 6.54 Å². The molecular weight excluding hydrogens is 334 g/mol. The molecule has 0 spiro atoms. The normalized spacial score (nSPS) is 11.5. The lowest BCUT2D eigenvalue weighted by Gasteiger charge is -2.19. The van der Waals surface area contributed by atoms with Crippen molar-refractivity contribution in [3.8, 4) is 0 Å². The number of amides is 1. The zero-order chi connectivity index (χ0) is 18.7. The summed E-state index contributed by atoms with van der Waals surface area (Å²) in [4.78, 5) is 35.4. The van der Waals surface area contributed by atoms with Crippen molar-refractivity contribution < 1.29 is 9.53 Å². The van der Waals surface area contributed by atoms with Crippen LogP contribution in [0.3, 0.4) is 0 Å². The molecule has 0 saturated carbocycles. The first-order valence-electron chi connectivity index (χ1n) is 8.26. The van der Waals surface area contributed by atoms with Crippen LogP contribution in [0, 0.1) is 0 Å². The Morgan fingerprint density at radius 2 is 2.00 bits per heavy atom. The summed E-state index contributed by atoms with van der Waals surface area (Å²) in [5, 5.41) is 2.57. The molecule has 0 aliphatic carbocycles. The van der Waals surface area contributed by atoms with Crippen LogP contribution in [0.15, 0.2) is 41.5 Å². The Morgan fingerprint density at radius 3 is 2.69 bits per heavy atom. The molecule has 2 N–H and O–H groups in total. The molecule has 2 heterocycles. The van der Waals surface area contributed by atoms with Crippen molar-refractivity contribution in [2.45, 2.75) is 39.5 Å². The van der Waals surface area contributed by atoms with E-state index in [0.717, 1.165) is 5.56 Å². The van der Waals surface area contributed by atoms with E-state index >= 15 is 0 Å². The summed E-state index contributed by atoms with van der Waals surface area (Å²) in [5.74, 6) is 0.318. The second kappa shape index (κ2) is 6.99. The number of imidazole rings is 1. The molecule has 0 aliphatic heterocycles. The van der Waals surface area contributed by atoms with E-state index in [1.54, 1.807) is 31.7 Å². The highest BCUT2D eigenvalue weighted by Crippen LogP contribution is 2.10. The molecule has 0 fully saturated rings. The van der Waals surface area contributed by atoms with Gasteiger partial charge in [0.2, 0.25) is 0 Å². The maximum absolute atomic E-state index is 12.4. The van der Waals surface area contributed by atoms with Crippen molar-refractivity contribution in [3.05, 3.63) is 58.4 Å². The summed E-state index contributed by atoms with van der Waals surface area (Å²) in [7, 11) is 0. The Morgan fingerprint density at radius 1 is 1.27 bits per heavy atom. The van der Waals surface area contributed by atoms with Crippen LogP contribution in [-0.4, -0.2) is 31.2 Å². The number of alkyl carbamates (subject to hydrolysis) is 1. The molecule has 0 radical (unpaired) electrons. The number of hydrogen-bond acceptors (Lipinski definition) is 5. The Kier molecular flexibility index (Phi) is 4.75. The smallest absolute Gasteiger partial charge is 0.408 e. The van der Waals surface area contributed by atoms with E-state index in [2.05, 4.69) is 20.3 Å². The molecule has 8 nitrogen and oxygen atoms in total. The molecule has 0 atom stereocenters. The van der Waals surface area contributed by atoms with E-state index in [1.165, 1.54) is 0 Å². The van der Waals surface area contributed by atoms with Crippen LogP contribution in [0.1, 0.15) is 32.2 Å². The molecule has 0 bridgehead atoms. The van der Waals surface area contributed by atoms with Crippen LogP contribution in [0.25, 0.3) is 11.2 Å². The number of H-pyrrole nitrogens is 1. The first-order chi connectivity index (χ1) is 12.3. The number of carbonyl (C=O) groups is 1. The molecule has 0 unspecified atom stereocenters. The second-order valence-electron chi connectivity index (χ2n) is 6.90. The minimum atomic E-state index is -0.592. The Labute approximate surface area is 150 Å². The number of nitrogens with zero attached hydrogens (tertiary/aromatic N) is 3. The van der Waals surface area contributed by atoms with Gasteiger partial charge in [-0.25, -0.2) is 14.8 Å². The van der Waals surface area contributed by atoms with Crippen molar-refractivity contribution in [1.82, 2.24) is 24.8 Å². The van der Waals surface area contributed by atoms with Gasteiger partial charge in [0.25, 0.3) is 5.56 Å². The Balaban J connectivity index is 1.77. The number of ether oxygens (including phenoxy) is 1. The maximum atomic E-state index is 12.4. The fourth-order valence-electron chi connectivity index (χ4n) is 2.49. The molecule has 3 aromatic rings. The highest BCUT2D eigenvalue weighted by Gasteiger charge is 2.16. The van der Waals surface area contributed by atoms with Gasteiger partial charge in [0.1, 0.15) is 11.4 Å². The Bertz CT molecular complexity index is 970. The van der Waals surface area contributed by atoms with Crippen LogP contribution in [-0.2, 0) is 17.8 Å². The van der Waals surface area contributed by atoms with Crippen molar-refractivity contribution in [2.24, 2.45) is 0 Å². The van der Waals surface area contributed by atoms with E-state index in [1.807, 2.05) is 30.3 Å². The number of aromatic nitrogens is 4. The molecule has 2 aromatic heterocycles. The quantitative estimate of drug-likeness (QED) is 0.747. The molecule has 0 saturated heterocycles. The average Bonchev–Trinajstić information content (AvgIpc) is 2.96. The molecular formula is C18H21N5O3. The highest BCUT2D eigenvalue weighted by atomic mass is 16.6. The number of carbonyl (C=O) groups excluding carboxylic acids is 1. The van der Waals surface area contributed by atoms with E-state index < -0.39 is 11.7 Å². The number of fused-ring (bicyclic) bond motifs is 1. The maximum Gasteiger partial charge on any atom is 0.408 e. The predicted octanol–water partition coefficient (Wildman–Crippen LogP) is 2.19. The zero-order valence-electron chi connectivity index (χ0n) is 14.9. The minimum Gasteiger partial charge on any atom is -0.444 e. The number of rotatable bonds is 4. The molecule has 26 heavy (non-hydrogen) atoms. The summed E-state index contributed by atoms with van der Waals surface area (Å²) >= 11 is 0. The standard InChI is InChI=1S/C18H21N5O3/c1-18(2,3)26-17(25)19-9-13-21-15-14(16(24)22-13)23(11-20-15)10-12-7-5-4-6-8-12/h4-8,11H,9-10H2,1-3H3,(H,19,25)(H,21,22,24). The van der Waals surface area contributed by atoms with Gasteiger partial charge in [0.05, 0.1) is 12.9 Å². The number of hydrogen-bond donors (Lipinski definition) is 2. The van der Waals surface area contributed by atoms with Crippen molar-refractivity contribution in [3.63, 3.8) is 0 Å². The molecule has 0 aliphatic rings. The third kappa shape index (κ3) is 4.27. The summed E-state index contributed by atoms with van der Waals surface area (Å²) in [6.07, 6.45) is 1.01. The van der Waals surface area contributed by atoms with Crippen molar-refractivity contribution in [1.29, 1.82) is 0 Å². The highest BCUT2D eigenvalue weighted by molar-refractivity contribution is 5.70. The first kappa shape index (κ1) is 17.7. The van der Waals surface area contributed by atoms with Crippen LogP contribution in [0.4, 0.5) is 4.79 Å². The fourth-order valence-corrected chi connectivity index (χ4v) is 2.49. The number of nitrogens with one attached hydrogen (secondary N) is 2. The van der Waals surface area contributed by atoms with Gasteiger partial charge < -0.3 is 19.6 Å². The van der Waals surface area contributed by atoms with Gasteiger partial charge in [-0.3, -0.25) is 4.79 Å². The van der Waals surface area contributed by atoms with Crippen LogP contribution in [0.2, 0.25) is 0 Å². The molecule has 136 valence electrons. The van der Waals surface area contributed by atoms with E-state index in [0.29, 0.717) is 23.5 Å². The molecule has 8 heteroatoms. The van der Waals surface area contributed by atoms with Gasteiger partial charge in [-0.05, 0) is 26.3 Å². The Hall–Kier alpha value is -3.16. The number of benzene rings is 1. The summed E-state index contributed by atoms with van der Waals surface area (Å²) < 4.78 is 6.91. The zero-order valence-corrected chi connectivity index (χ0v) is 14.9. The number of aromatic amines is 1. The van der Waals surface area contributed by atoms with E-state index in [4.69, 9.17) is 4.74 Å². The summed E-state index contributed by atoms with van der Waals surface area (Å²) in [6, 6.07) is 9.78. The lowest BCUT2D eigenvalue weighted by Crippen LogP contribution is -2.33. The summed E-state index contributed by atoms with van der Waals surface area (Å²) in [5.41, 5.74) is 0.900. The topological polar surface area (TPSA) is 102 Å². The SMILES string of the molecule is CC(C)(C)OC(=O)NCc1nc2ncn(Cc3ccccc3)c2c(=O)[nH]1. The molecule has 1 aromatic carbocycles. The fraction of sp³-hybridized carbons (Fsp3) is 0.333. The van der Waals surface area contributed by atoms with Crippen molar-refractivity contribution in [2.75, 3.05) is 0 Å². The van der Waals surface area contributed by atoms with Crippen LogP contribution < -0.4 is 10.9 Å². The monoisotopic (exact) mass is 355 g/mol. The first-order valence-corrected chi connectivity index (χ1v) is 8.26. The third-order valence-corrected chi connectivity index (χ3v) is 3.53. The third-order valence-electron chi connectivity index (χ3n) is 3.53. The molecule has 1 amide bonds. The second-order valence-corrected chi connectivity index (χ2v) is 6.90. The minimum absolute atomic E-state index is 0.0473. The van der Waals surface area contributed by atoms with Gasteiger partial charge in [-0.1, -0.05) is 30.3 Å². The van der Waals surface area contributed by atoms with Gasteiger partial charge in [-0.2, -0.15) is 0 Å². The predicted molar refractivity (Wildman–Crippen MR) is 96.8 cm³/mol. The average molecular weight is 355 g/mol. The van der Waals surface area contributed by atoms with Gasteiger partial charge in [0.15, 0.2) is 11.2 Å². The summed E-state index contributed by atoms with van der Waals surface area (Å²) in [6.45, 7) is 5.90. The van der Waals surface area contributed by atoms with Crippen molar-refractivity contribution >= 4 is 17.3 Å². The van der Waals surface area contributed by atoms with Gasteiger partial charge in [-0.15, -0.1) is 0 Å². The van der Waals surface area contributed by atoms with E-state index in [9.17, 15) is 9.59 Å². The van der Waals surface area contributed by atoms with Crippen LogP contribution in [0.5, 0.6) is 0 Å². The largest absolute Gasteiger partial charge is 0.444 e. The van der Waals surface area contributed by atoms with E-state index in [-0.39, 0.29) is 12.1 Å². The molecule has 3 rings (SSSR count). The van der Waals surface area contributed by atoms with Crippen LogP contribution >= 0.6 is 0 Å². The lowest BCUT2D eigenvalue weighted by molar-refractivity contribution is 0.0522. The van der Waals surface area contributed by atoms with Gasteiger partial charge >= 0.3 is 6.09 Å². The lowest BCUT2D eigenvalue weighted by atomic mass is 10.2.